The van der Waals surface area contributed by atoms with Crippen molar-refractivity contribution in [3.05, 3.63) is 0 Å². The van der Waals surface area contributed by atoms with E-state index in [-0.39, 0.29) is 6.10 Å². The third-order valence-electron chi connectivity index (χ3n) is 3.74. The second kappa shape index (κ2) is 5.42. The van der Waals surface area contributed by atoms with E-state index in [1.165, 1.54) is 25.7 Å². The van der Waals surface area contributed by atoms with E-state index in [2.05, 4.69) is 25.6 Å². The first kappa shape index (κ1) is 13.4. The Morgan fingerprint density at radius 1 is 1.00 bits per heavy atom. The molecule has 0 atom stereocenters. The minimum absolute atomic E-state index is 0.0533. The maximum atomic E-state index is 5.59. The smallest absolute Gasteiger partial charge is 0.323 e. The van der Waals surface area contributed by atoms with Crippen molar-refractivity contribution in [2.45, 2.75) is 51.7 Å². The number of anilines is 2. The van der Waals surface area contributed by atoms with Gasteiger partial charge in [0.2, 0.25) is 11.9 Å². The standard InChI is InChI=1S/C14H23N5O/c1-8(2)20-14-18-12(15-3)17-13(19-14)16-11(9-4-5-9)10-6-7-10/h8-11H,4-7H2,1-3H3,(H2,15,16,17,18,19). The normalized spacial score (nSPS) is 18.4. The van der Waals surface area contributed by atoms with Crippen LogP contribution in [0.25, 0.3) is 0 Å². The third-order valence-corrected chi connectivity index (χ3v) is 3.74. The fourth-order valence-electron chi connectivity index (χ4n) is 2.48. The molecule has 6 nitrogen and oxygen atoms in total. The molecule has 1 aromatic heterocycles. The molecule has 2 saturated carbocycles. The summed E-state index contributed by atoms with van der Waals surface area (Å²) in [4.78, 5) is 13.0. The molecule has 2 aliphatic carbocycles. The lowest BCUT2D eigenvalue weighted by Gasteiger charge is -2.18. The molecular weight excluding hydrogens is 254 g/mol. The highest BCUT2D eigenvalue weighted by molar-refractivity contribution is 5.37. The van der Waals surface area contributed by atoms with Gasteiger partial charge < -0.3 is 15.4 Å². The van der Waals surface area contributed by atoms with Crippen molar-refractivity contribution in [3.63, 3.8) is 0 Å². The Balaban J connectivity index is 1.76. The number of nitrogens with zero attached hydrogens (tertiary/aromatic N) is 3. The van der Waals surface area contributed by atoms with Crippen LogP contribution in [-0.2, 0) is 0 Å². The van der Waals surface area contributed by atoms with Gasteiger partial charge in [-0.3, -0.25) is 0 Å². The first-order chi connectivity index (χ1) is 9.65. The zero-order chi connectivity index (χ0) is 14.1. The number of aromatic nitrogens is 3. The summed E-state index contributed by atoms with van der Waals surface area (Å²) >= 11 is 0. The number of nitrogens with one attached hydrogen (secondary N) is 2. The zero-order valence-corrected chi connectivity index (χ0v) is 12.4. The van der Waals surface area contributed by atoms with Crippen LogP contribution in [0.15, 0.2) is 0 Å². The molecule has 0 saturated heterocycles. The second-order valence-electron chi connectivity index (χ2n) is 6.03. The van der Waals surface area contributed by atoms with E-state index in [0.29, 0.717) is 23.9 Å². The van der Waals surface area contributed by atoms with Gasteiger partial charge in [0.05, 0.1) is 6.10 Å². The van der Waals surface area contributed by atoms with Crippen molar-refractivity contribution in [2.75, 3.05) is 17.7 Å². The lowest BCUT2D eigenvalue weighted by Crippen LogP contribution is -2.26. The fraction of sp³-hybridized carbons (Fsp3) is 0.786. The summed E-state index contributed by atoms with van der Waals surface area (Å²) in [5, 5.41) is 6.47. The average Bonchev–Trinajstić information content (AvgIpc) is 3.27. The van der Waals surface area contributed by atoms with E-state index >= 15 is 0 Å². The maximum Gasteiger partial charge on any atom is 0.323 e. The van der Waals surface area contributed by atoms with E-state index in [0.717, 1.165) is 11.8 Å². The largest absolute Gasteiger partial charge is 0.461 e. The fourth-order valence-corrected chi connectivity index (χ4v) is 2.48. The molecule has 1 heterocycles. The van der Waals surface area contributed by atoms with Crippen LogP contribution in [0.2, 0.25) is 0 Å². The minimum Gasteiger partial charge on any atom is -0.461 e. The summed E-state index contributed by atoms with van der Waals surface area (Å²) in [7, 11) is 1.80. The molecule has 0 unspecified atom stereocenters. The van der Waals surface area contributed by atoms with Gasteiger partial charge in [-0.25, -0.2) is 0 Å². The van der Waals surface area contributed by atoms with E-state index in [9.17, 15) is 0 Å². The molecule has 0 aliphatic heterocycles. The molecule has 0 radical (unpaired) electrons. The molecule has 0 amide bonds. The van der Waals surface area contributed by atoms with Gasteiger partial charge in [0.1, 0.15) is 0 Å². The summed E-state index contributed by atoms with van der Waals surface area (Å²) in [6.45, 7) is 3.93. The molecule has 3 rings (SSSR count). The number of hydrogen-bond acceptors (Lipinski definition) is 6. The van der Waals surface area contributed by atoms with Crippen LogP contribution in [0, 0.1) is 11.8 Å². The Morgan fingerprint density at radius 3 is 2.10 bits per heavy atom. The van der Waals surface area contributed by atoms with E-state index in [1.807, 2.05) is 13.8 Å². The Morgan fingerprint density at radius 2 is 1.60 bits per heavy atom. The van der Waals surface area contributed by atoms with Crippen LogP contribution in [0.4, 0.5) is 11.9 Å². The van der Waals surface area contributed by atoms with Crippen LogP contribution < -0.4 is 15.4 Å². The summed E-state index contributed by atoms with van der Waals surface area (Å²) in [5.74, 6) is 2.77. The van der Waals surface area contributed by atoms with Gasteiger partial charge in [-0.15, -0.1) is 0 Å². The van der Waals surface area contributed by atoms with Gasteiger partial charge >= 0.3 is 6.01 Å². The SMILES string of the molecule is CNc1nc(NC(C2CC2)C2CC2)nc(OC(C)C)n1. The van der Waals surface area contributed by atoms with Gasteiger partial charge in [-0.1, -0.05) is 0 Å². The molecule has 6 heteroatoms. The first-order valence-electron chi connectivity index (χ1n) is 7.52. The van der Waals surface area contributed by atoms with Crippen LogP contribution in [0.1, 0.15) is 39.5 Å². The average molecular weight is 277 g/mol. The predicted molar refractivity (Wildman–Crippen MR) is 78.0 cm³/mol. The van der Waals surface area contributed by atoms with Crippen LogP contribution in [0.5, 0.6) is 6.01 Å². The van der Waals surface area contributed by atoms with Crippen molar-refractivity contribution < 1.29 is 4.74 Å². The van der Waals surface area contributed by atoms with Crippen molar-refractivity contribution in [3.8, 4) is 6.01 Å². The maximum absolute atomic E-state index is 5.59. The number of ether oxygens (including phenoxy) is 1. The minimum atomic E-state index is 0.0533. The molecule has 0 spiro atoms. The summed E-state index contributed by atoms with van der Waals surface area (Å²) in [5.41, 5.74) is 0. The monoisotopic (exact) mass is 277 g/mol. The Bertz CT molecular complexity index is 459. The molecule has 2 aliphatic rings. The van der Waals surface area contributed by atoms with E-state index in [1.54, 1.807) is 7.05 Å². The van der Waals surface area contributed by atoms with Crippen molar-refractivity contribution >= 4 is 11.9 Å². The third kappa shape index (κ3) is 3.29. The highest BCUT2D eigenvalue weighted by Crippen LogP contribution is 2.45. The molecule has 2 N–H and O–H groups in total. The molecule has 0 bridgehead atoms. The topological polar surface area (TPSA) is 72.0 Å². The van der Waals surface area contributed by atoms with Crippen molar-refractivity contribution in [1.82, 2.24) is 15.0 Å². The molecule has 20 heavy (non-hydrogen) atoms. The summed E-state index contributed by atoms with van der Waals surface area (Å²) in [6, 6.07) is 0.904. The lowest BCUT2D eigenvalue weighted by atomic mass is 10.1. The summed E-state index contributed by atoms with van der Waals surface area (Å²) < 4.78 is 5.59. The molecule has 1 aromatic rings. The van der Waals surface area contributed by atoms with Crippen LogP contribution in [-0.4, -0.2) is 34.1 Å². The second-order valence-corrected chi connectivity index (χ2v) is 6.03. The van der Waals surface area contributed by atoms with Crippen molar-refractivity contribution in [2.24, 2.45) is 11.8 Å². The van der Waals surface area contributed by atoms with E-state index in [4.69, 9.17) is 4.74 Å². The highest BCUT2D eigenvalue weighted by atomic mass is 16.5. The van der Waals surface area contributed by atoms with Crippen LogP contribution >= 0.6 is 0 Å². The zero-order valence-electron chi connectivity index (χ0n) is 12.4. The summed E-state index contributed by atoms with van der Waals surface area (Å²) in [6.07, 6.45) is 5.36. The van der Waals surface area contributed by atoms with Crippen LogP contribution in [0.3, 0.4) is 0 Å². The number of hydrogen-bond donors (Lipinski definition) is 2. The Kier molecular flexibility index (Phi) is 3.63. The van der Waals surface area contributed by atoms with Gasteiger partial charge in [0, 0.05) is 13.1 Å². The molecule has 2 fully saturated rings. The Labute approximate surface area is 119 Å². The van der Waals surface area contributed by atoms with Gasteiger partial charge in [-0.05, 0) is 51.4 Å². The predicted octanol–water partition coefficient (Wildman–Crippen LogP) is 2.30. The van der Waals surface area contributed by atoms with E-state index < -0.39 is 0 Å². The van der Waals surface area contributed by atoms with Gasteiger partial charge in [-0.2, -0.15) is 15.0 Å². The molecule has 0 aromatic carbocycles. The highest BCUT2D eigenvalue weighted by Gasteiger charge is 2.41. The Hall–Kier alpha value is -1.59. The van der Waals surface area contributed by atoms with Gasteiger partial charge in [0.15, 0.2) is 0 Å². The van der Waals surface area contributed by atoms with Gasteiger partial charge in [0.25, 0.3) is 0 Å². The quantitative estimate of drug-likeness (QED) is 0.797. The molecule has 110 valence electrons. The van der Waals surface area contributed by atoms with Crippen molar-refractivity contribution in [1.29, 1.82) is 0 Å². The number of rotatable bonds is 7. The first-order valence-corrected chi connectivity index (χ1v) is 7.52. The lowest BCUT2D eigenvalue weighted by molar-refractivity contribution is 0.222. The molecular formula is C14H23N5O.